The van der Waals surface area contributed by atoms with Gasteiger partial charge in [0.2, 0.25) is 15.9 Å². The first-order valence-corrected chi connectivity index (χ1v) is 13.2. The van der Waals surface area contributed by atoms with Crippen LogP contribution in [0.4, 0.5) is 11.4 Å². The van der Waals surface area contributed by atoms with Crippen LogP contribution in [0.15, 0.2) is 60.7 Å². The summed E-state index contributed by atoms with van der Waals surface area (Å²) >= 11 is 0. The molecule has 1 fully saturated rings. The van der Waals surface area contributed by atoms with E-state index in [9.17, 15) is 18.0 Å². The Balaban J connectivity index is 1.46. The highest BCUT2D eigenvalue weighted by atomic mass is 32.2. The molecule has 1 saturated heterocycles. The second-order valence-corrected chi connectivity index (χ2v) is 10.5. The molecular weight excluding hydrogens is 466 g/mol. The van der Waals surface area contributed by atoms with Gasteiger partial charge in [0.15, 0.2) is 0 Å². The highest BCUT2D eigenvalue weighted by molar-refractivity contribution is 7.92. The van der Waals surface area contributed by atoms with Gasteiger partial charge in [-0.05, 0) is 48.7 Å². The molecule has 2 N–H and O–H groups in total. The number of rotatable bonds is 7. The third-order valence-electron chi connectivity index (χ3n) is 6.21. The zero-order chi connectivity index (χ0) is 25.0. The summed E-state index contributed by atoms with van der Waals surface area (Å²) in [4.78, 5) is 28.1. The van der Waals surface area contributed by atoms with Crippen LogP contribution >= 0.6 is 0 Å². The molecule has 1 aliphatic heterocycles. The molecule has 1 atom stereocenters. The van der Waals surface area contributed by atoms with Crippen LogP contribution in [0, 0.1) is 5.92 Å². The van der Waals surface area contributed by atoms with Gasteiger partial charge in [0.25, 0.3) is 5.91 Å². The average molecular weight is 496 g/mol. The normalized spacial score (nSPS) is 16.1. The molecule has 0 aliphatic carbocycles. The number of sulfonamides is 1. The average Bonchev–Trinajstić information content (AvgIpc) is 2.88. The molecule has 9 heteroatoms. The molecule has 0 radical (unpaired) electrons. The first-order chi connectivity index (χ1) is 16.8. The first-order valence-electron chi connectivity index (χ1n) is 11.6. The maximum Gasteiger partial charge on any atom is 0.254 e. The van der Waals surface area contributed by atoms with Gasteiger partial charge < -0.3 is 15.0 Å². The topological polar surface area (TPSA) is 105 Å². The van der Waals surface area contributed by atoms with Gasteiger partial charge in [0.1, 0.15) is 5.75 Å². The lowest BCUT2D eigenvalue weighted by molar-refractivity contribution is -0.121. The predicted octanol–water partition coefficient (Wildman–Crippen LogP) is 4.10. The predicted molar refractivity (Wildman–Crippen MR) is 137 cm³/mol. The van der Waals surface area contributed by atoms with Gasteiger partial charge in [-0.2, -0.15) is 0 Å². The third-order valence-corrected chi connectivity index (χ3v) is 7.50. The molecule has 0 saturated carbocycles. The van der Waals surface area contributed by atoms with Crippen LogP contribution in [0.25, 0.3) is 10.8 Å². The van der Waals surface area contributed by atoms with Crippen molar-refractivity contribution in [3.8, 4) is 5.75 Å². The number of carbonyl (C=O) groups excluding carboxylic acids is 2. The molecule has 3 aromatic rings. The van der Waals surface area contributed by atoms with E-state index in [4.69, 9.17) is 4.74 Å². The van der Waals surface area contributed by atoms with Gasteiger partial charge >= 0.3 is 0 Å². The van der Waals surface area contributed by atoms with E-state index in [-0.39, 0.29) is 23.5 Å². The minimum absolute atomic E-state index is 0.0652. The summed E-state index contributed by atoms with van der Waals surface area (Å²) in [6, 6.07) is 18.2. The first kappa shape index (κ1) is 24.5. The van der Waals surface area contributed by atoms with Crippen molar-refractivity contribution in [1.82, 2.24) is 4.90 Å². The Morgan fingerprint density at radius 1 is 1.09 bits per heavy atom. The molecule has 0 aromatic heterocycles. The number of ether oxygens (including phenoxy) is 1. The Morgan fingerprint density at radius 3 is 2.63 bits per heavy atom. The van der Waals surface area contributed by atoms with E-state index in [1.807, 2.05) is 42.5 Å². The van der Waals surface area contributed by atoms with Crippen LogP contribution in [0.3, 0.4) is 0 Å². The minimum atomic E-state index is -3.46. The Labute approximate surface area is 205 Å². The zero-order valence-electron chi connectivity index (χ0n) is 19.8. The summed E-state index contributed by atoms with van der Waals surface area (Å²) in [7, 11) is -2.03. The van der Waals surface area contributed by atoms with Crippen LogP contribution < -0.4 is 14.8 Å². The monoisotopic (exact) mass is 495 g/mol. The standard InChI is InChI=1S/C26H29N3O5S/c1-3-35(32,33)28-23-14-13-20(16-24(23)34-2)27-25(30)19-10-7-15-29(17-19)26(31)22-12-6-9-18-8-4-5-11-21(18)22/h4-6,8-9,11-14,16,19,28H,3,7,10,15,17H2,1-2H3,(H,27,30). The Hall–Kier alpha value is -3.59. The summed E-state index contributed by atoms with van der Waals surface area (Å²) in [6.45, 7) is 2.48. The number of hydrogen-bond donors (Lipinski definition) is 2. The van der Waals surface area contributed by atoms with E-state index >= 15 is 0 Å². The smallest absolute Gasteiger partial charge is 0.254 e. The number of methoxy groups -OCH3 is 1. The zero-order valence-corrected chi connectivity index (χ0v) is 20.6. The van der Waals surface area contributed by atoms with Crippen molar-refractivity contribution < 1.29 is 22.7 Å². The van der Waals surface area contributed by atoms with Gasteiger partial charge in [-0.25, -0.2) is 8.42 Å². The number of piperidine rings is 1. The van der Waals surface area contributed by atoms with Crippen molar-refractivity contribution in [2.75, 3.05) is 36.0 Å². The van der Waals surface area contributed by atoms with Crippen molar-refractivity contribution in [2.24, 2.45) is 5.92 Å². The van der Waals surface area contributed by atoms with Gasteiger partial charge in [0, 0.05) is 30.4 Å². The summed E-state index contributed by atoms with van der Waals surface area (Å²) < 4.78 is 31.6. The minimum Gasteiger partial charge on any atom is -0.494 e. The number of nitrogens with zero attached hydrogens (tertiary/aromatic N) is 1. The van der Waals surface area contributed by atoms with Gasteiger partial charge in [0.05, 0.1) is 24.5 Å². The molecule has 8 nitrogen and oxygen atoms in total. The molecule has 1 aliphatic rings. The summed E-state index contributed by atoms with van der Waals surface area (Å²) in [6.07, 6.45) is 1.41. The van der Waals surface area contributed by atoms with Crippen LogP contribution in [0.1, 0.15) is 30.1 Å². The van der Waals surface area contributed by atoms with Gasteiger partial charge in [-0.3, -0.25) is 14.3 Å². The van der Waals surface area contributed by atoms with E-state index in [0.717, 1.165) is 17.2 Å². The van der Waals surface area contributed by atoms with E-state index in [0.29, 0.717) is 42.2 Å². The van der Waals surface area contributed by atoms with E-state index in [2.05, 4.69) is 10.0 Å². The number of amides is 2. The molecule has 0 bridgehead atoms. The van der Waals surface area contributed by atoms with Crippen LogP contribution in [-0.4, -0.2) is 51.1 Å². The lowest BCUT2D eigenvalue weighted by Crippen LogP contribution is -2.43. The van der Waals surface area contributed by atoms with Gasteiger partial charge in [-0.1, -0.05) is 36.4 Å². The molecule has 35 heavy (non-hydrogen) atoms. The summed E-state index contributed by atoms with van der Waals surface area (Å²) in [5.41, 5.74) is 1.43. The molecule has 4 rings (SSSR count). The number of hydrogen-bond acceptors (Lipinski definition) is 5. The van der Waals surface area contributed by atoms with Crippen LogP contribution in [0.5, 0.6) is 5.75 Å². The molecule has 2 amide bonds. The Bertz CT molecular complexity index is 1350. The highest BCUT2D eigenvalue weighted by Gasteiger charge is 2.29. The summed E-state index contributed by atoms with van der Waals surface area (Å²) in [5, 5.41) is 4.79. The largest absolute Gasteiger partial charge is 0.494 e. The molecular formula is C26H29N3O5S. The van der Waals surface area contributed by atoms with Crippen molar-refractivity contribution in [2.45, 2.75) is 19.8 Å². The number of benzene rings is 3. The molecule has 3 aromatic carbocycles. The maximum absolute atomic E-state index is 13.3. The lowest BCUT2D eigenvalue weighted by Gasteiger charge is -2.32. The number of likely N-dealkylation sites (tertiary alicyclic amines) is 1. The van der Waals surface area contributed by atoms with Crippen molar-refractivity contribution in [3.63, 3.8) is 0 Å². The fourth-order valence-corrected chi connectivity index (χ4v) is 4.94. The van der Waals surface area contributed by atoms with Crippen LogP contribution in [0.2, 0.25) is 0 Å². The molecule has 1 heterocycles. The SMILES string of the molecule is CCS(=O)(=O)Nc1ccc(NC(=O)C2CCCN(C(=O)c3cccc4ccccc34)C2)cc1OC. The number of carbonyl (C=O) groups is 2. The third kappa shape index (κ3) is 5.57. The molecule has 184 valence electrons. The fraction of sp³-hybridized carbons (Fsp3) is 0.308. The molecule has 1 unspecified atom stereocenters. The highest BCUT2D eigenvalue weighted by Crippen LogP contribution is 2.30. The van der Waals surface area contributed by atoms with E-state index in [1.54, 1.807) is 30.0 Å². The number of fused-ring (bicyclic) bond motifs is 1. The Kier molecular flexibility index (Phi) is 7.25. The summed E-state index contributed by atoms with van der Waals surface area (Å²) in [5.74, 6) is -0.384. The fourth-order valence-electron chi connectivity index (χ4n) is 4.30. The molecule has 0 spiro atoms. The van der Waals surface area contributed by atoms with Crippen molar-refractivity contribution >= 4 is 44.0 Å². The van der Waals surface area contributed by atoms with Crippen molar-refractivity contribution in [3.05, 3.63) is 66.2 Å². The van der Waals surface area contributed by atoms with Crippen molar-refractivity contribution in [1.29, 1.82) is 0 Å². The Morgan fingerprint density at radius 2 is 1.86 bits per heavy atom. The number of nitrogens with one attached hydrogen (secondary N) is 2. The second-order valence-electron chi connectivity index (χ2n) is 8.53. The maximum atomic E-state index is 13.3. The lowest BCUT2D eigenvalue weighted by atomic mass is 9.95. The van der Waals surface area contributed by atoms with E-state index < -0.39 is 10.0 Å². The second kappa shape index (κ2) is 10.4. The number of anilines is 2. The van der Waals surface area contributed by atoms with Crippen LogP contribution in [-0.2, 0) is 14.8 Å². The van der Waals surface area contributed by atoms with E-state index in [1.165, 1.54) is 7.11 Å². The van der Waals surface area contributed by atoms with Gasteiger partial charge in [-0.15, -0.1) is 0 Å². The quantitative estimate of drug-likeness (QED) is 0.514.